The summed E-state index contributed by atoms with van der Waals surface area (Å²) in [7, 11) is 0. The van der Waals surface area contributed by atoms with Crippen LogP contribution in [0.1, 0.15) is 6.42 Å². The van der Waals surface area contributed by atoms with E-state index in [9.17, 15) is 9.59 Å². The van der Waals surface area contributed by atoms with Gasteiger partial charge in [0.1, 0.15) is 12.1 Å². The molecule has 0 aliphatic carbocycles. The summed E-state index contributed by atoms with van der Waals surface area (Å²) in [6.45, 7) is -0.173. The summed E-state index contributed by atoms with van der Waals surface area (Å²) in [5.74, 6) is -1.89. The lowest BCUT2D eigenvalue weighted by atomic mass is 10.2. The van der Waals surface area contributed by atoms with Gasteiger partial charge in [0.2, 0.25) is 0 Å². The molecule has 0 saturated heterocycles. The minimum Gasteiger partial charge on any atom is -0.480 e. The molecule has 90 valence electrons. The maximum atomic E-state index is 9.85. The van der Waals surface area contributed by atoms with E-state index in [4.69, 9.17) is 26.8 Å². The van der Waals surface area contributed by atoms with E-state index in [1.54, 1.807) is 0 Å². The Balaban J connectivity index is 0. The number of nitrogens with two attached hydrogens (primary N) is 2. The van der Waals surface area contributed by atoms with Crippen LogP contribution in [0.4, 0.5) is 0 Å². The fourth-order valence-electron chi connectivity index (χ4n) is 0.341. The molecule has 7 N–H and O–H groups in total. The lowest BCUT2D eigenvalue weighted by Gasteiger charge is -2.00. The van der Waals surface area contributed by atoms with Gasteiger partial charge in [0, 0.05) is 12.4 Å². The van der Waals surface area contributed by atoms with Crippen molar-refractivity contribution in [3.05, 3.63) is 0 Å². The van der Waals surface area contributed by atoms with Crippen LogP contribution in [0.5, 0.6) is 0 Å². The Bertz CT molecular complexity index is 202. The molecule has 0 heterocycles. The molecule has 0 aromatic carbocycles. The van der Waals surface area contributed by atoms with Crippen LogP contribution in [-0.4, -0.2) is 51.7 Å². The fourth-order valence-corrected chi connectivity index (χ4v) is 0.497. The summed E-state index contributed by atoms with van der Waals surface area (Å²) in [6.07, 6.45) is 0.120. The Kier molecular flexibility index (Phi) is 10.7. The second kappa shape index (κ2) is 9.71. The number of hydrogen-bond acceptors (Lipinski definition) is 6. The molecule has 0 aliphatic heterocycles. The van der Waals surface area contributed by atoms with E-state index in [1.807, 2.05) is 0 Å². The topological polar surface area (TPSA) is 147 Å². The van der Waals surface area contributed by atoms with E-state index in [0.29, 0.717) is 0 Å². The number of aliphatic hydroxyl groups is 1. The van der Waals surface area contributed by atoms with Gasteiger partial charge in [-0.25, -0.2) is 0 Å². The van der Waals surface area contributed by atoms with Crippen LogP contribution >= 0.6 is 12.6 Å². The molecule has 0 fully saturated rings. The number of thiol groups is 1. The molecular weight excluding hydrogens is 224 g/mol. The van der Waals surface area contributed by atoms with Gasteiger partial charge in [-0.05, 0) is 6.42 Å². The first-order chi connectivity index (χ1) is 6.86. The highest BCUT2D eigenvalue weighted by Crippen LogP contribution is 1.83. The van der Waals surface area contributed by atoms with E-state index < -0.39 is 24.0 Å². The zero-order chi connectivity index (χ0) is 12.4. The molecule has 7 nitrogen and oxygen atoms in total. The van der Waals surface area contributed by atoms with Gasteiger partial charge in [-0.1, -0.05) is 0 Å². The third-order valence-corrected chi connectivity index (χ3v) is 1.66. The highest BCUT2D eigenvalue weighted by molar-refractivity contribution is 7.80. The van der Waals surface area contributed by atoms with Crippen LogP contribution < -0.4 is 11.5 Å². The van der Waals surface area contributed by atoms with Crippen molar-refractivity contribution in [1.29, 1.82) is 0 Å². The SMILES string of the molecule is N[C@@H](CCO)C(=O)O.N[C@@H](CS)C(=O)O. The summed E-state index contributed by atoms with van der Waals surface area (Å²) < 4.78 is 0. The maximum Gasteiger partial charge on any atom is 0.321 e. The largest absolute Gasteiger partial charge is 0.480 e. The van der Waals surface area contributed by atoms with Crippen molar-refractivity contribution in [1.82, 2.24) is 0 Å². The van der Waals surface area contributed by atoms with Crippen LogP contribution in [0, 0.1) is 0 Å². The van der Waals surface area contributed by atoms with Crippen molar-refractivity contribution >= 4 is 24.6 Å². The number of rotatable bonds is 5. The summed E-state index contributed by atoms with van der Waals surface area (Å²) in [6, 6.07) is -1.73. The van der Waals surface area contributed by atoms with Crippen LogP contribution in [0.3, 0.4) is 0 Å². The molecule has 2 atom stereocenters. The smallest absolute Gasteiger partial charge is 0.321 e. The average Bonchev–Trinajstić information content (AvgIpc) is 2.17. The molecule has 0 bridgehead atoms. The molecule has 15 heavy (non-hydrogen) atoms. The van der Waals surface area contributed by atoms with Crippen LogP contribution in [0.25, 0.3) is 0 Å². The van der Waals surface area contributed by atoms with Gasteiger partial charge in [0.05, 0.1) is 0 Å². The minimum absolute atomic E-state index is 0.120. The molecule has 0 rings (SSSR count). The summed E-state index contributed by atoms with van der Waals surface area (Å²) >= 11 is 3.65. The van der Waals surface area contributed by atoms with Gasteiger partial charge >= 0.3 is 11.9 Å². The van der Waals surface area contributed by atoms with Crippen LogP contribution in [0.2, 0.25) is 0 Å². The lowest BCUT2D eigenvalue weighted by Crippen LogP contribution is -2.31. The van der Waals surface area contributed by atoms with Crippen LogP contribution in [-0.2, 0) is 9.59 Å². The minimum atomic E-state index is -1.07. The molecule has 0 amide bonds. The van der Waals surface area contributed by atoms with Gasteiger partial charge < -0.3 is 26.8 Å². The molecule has 0 aromatic rings. The van der Waals surface area contributed by atoms with Crippen molar-refractivity contribution < 1.29 is 24.9 Å². The van der Waals surface area contributed by atoms with Gasteiger partial charge in [0.25, 0.3) is 0 Å². The first-order valence-corrected chi connectivity index (χ1v) is 4.68. The van der Waals surface area contributed by atoms with E-state index in [-0.39, 0.29) is 18.8 Å². The van der Waals surface area contributed by atoms with Gasteiger partial charge in [-0.3, -0.25) is 9.59 Å². The summed E-state index contributed by atoms with van der Waals surface area (Å²) in [5, 5.41) is 24.2. The first kappa shape index (κ1) is 16.6. The van der Waals surface area contributed by atoms with Crippen molar-refractivity contribution in [2.24, 2.45) is 11.5 Å². The monoisotopic (exact) mass is 240 g/mol. The van der Waals surface area contributed by atoms with Crippen molar-refractivity contribution in [3.8, 4) is 0 Å². The third kappa shape index (κ3) is 11.1. The molecule has 0 spiro atoms. The van der Waals surface area contributed by atoms with Gasteiger partial charge in [-0.15, -0.1) is 0 Å². The highest BCUT2D eigenvalue weighted by atomic mass is 32.1. The van der Waals surface area contributed by atoms with E-state index in [0.717, 1.165) is 0 Å². The number of aliphatic hydroxyl groups excluding tert-OH is 1. The number of carbonyl (C=O) groups is 2. The molecular formula is C7H16N2O5S. The Morgan fingerprint density at radius 2 is 1.53 bits per heavy atom. The van der Waals surface area contributed by atoms with Crippen molar-refractivity contribution in [2.45, 2.75) is 18.5 Å². The number of carboxylic acid groups (broad SMARTS) is 2. The average molecular weight is 240 g/mol. The molecule has 0 aromatic heterocycles. The van der Waals surface area contributed by atoms with Crippen molar-refractivity contribution in [2.75, 3.05) is 12.4 Å². The normalized spacial score (nSPS) is 13.3. The summed E-state index contributed by atoms with van der Waals surface area (Å²) in [5.41, 5.74) is 9.91. The molecule has 0 aliphatic rings. The molecule has 0 saturated carbocycles. The number of aliphatic carboxylic acids is 2. The number of carboxylic acids is 2. The highest BCUT2D eigenvalue weighted by Gasteiger charge is 2.08. The number of hydrogen-bond donors (Lipinski definition) is 6. The second-order valence-corrected chi connectivity index (χ2v) is 2.95. The second-order valence-electron chi connectivity index (χ2n) is 2.58. The molecule has 0 radical (unpaired) electrons. The van der Waals surface area contributed by atoms with Gasteiger partial charge in [-0.2, -0.15) is 12.6 Å². The van der Waals surface area contributed by atoms with Gasteiger partial charge in [0.15, 0.2) is 0 Å². The van der Waals surface area contributed by atoms with Crippen molar-refractivity contribution in [3.63, 3.8) is 0 Å². The maximum absolute atomic E-state index is 9.85. The zero-order valence-corrected chi connectivity index (χ0v) is 8.93. The third-order valence-electron chi connectivity index (χ3n) is 1.27. The lowest BCUT2D eigenvalue weighted by molar-refractivity contribution is -0.139. The predicted octanol–water partition coefficient (Wildman–Crippen LogP) is -1.89. The van der Waals surface area contributed by atoms with E-state index >= 15 is 0 Å². The summed E-state index contributed by atoms with van der Waals surface area (Å²) in [4.78, 5) is 19.6. The van der Waals surface area contributed by atoms with Crippen LogP contribution in [0.15, 0.2) is 0 Å². The zero-order valence-electron chi connectivity index (χ0n) is 8.04. The Morgan fingerprint density at radius 3 is 1.60 bits per heavy atom. The molecule has 0 unspecified atom stereocenters. The molecule has 8 heteroatoms. The Morgan fingerprint density at radius 1 is 1.13 bits per heavy atom. The van der Waals surface area contributed by atoms with E-state index in [2.05, 4.69) is 12.6 Å². The predicted molar refractivity (Wildman–Crippen MR) is 56.8 cm³/mol. The fraction of sp³-hybridized carbons (Fsp3) is 0.714. The standard InChI is InChI=1S/C4H9NO3.C3H7NO2S/c5-3(1-2-6)4(7)8;4-2(1-7)3(5)6/h3,6H,1-2,5H2,(H,7,8);2,7H,1,4H2,(H,5,6)/t3-;2-/m00/s1. The quantitative estimate of drug-likeness (QED) is 0.308. The first-order valence-electron chi connectivity index (χ1n) is 4.05. The Labute approximate surface area is 92.5 Å². The Hall–Kier alpha value is -0.830. The van der Waals surface area contributed by atoms with E-state index in [1.165, 1.54) is 0 Å².